The molecule has 0 bridgehead atoms. The van der Waals surface area contributed by atoms with Crippen molar-refractivity contribution in [2.75, 3.05) is 26.6 Å². The number of rotatable bonds is 5. The number of benzene rings is 1. The molecular formula is C15H21NO5S. The van der Waals surface area contributed by atoms with E-state index in [1.807, 2.05) is 0 Å². The van der Waals surface area contributed by atoms with Gasteiger partial charge in [-0.05, 0) is 24.1 Å². The van der Waals surface area contributed by atoms with Gasteiger partial charge in [0.1, 0.15) is 6.10 Å². The van der Waals surface area contributed by atoms with Crippen LogP contribution in [0.1, 0.15) is 12.0 Å². The third kappa shape index (κ3) is 4.53. The van der Waals surface area contributed by atoms with Crippen LogP contribution in [0.4, 0.5) is 0 Å². The fourth-order valence-corrected chi connectivity index (χ4v) is 3.04. The van der Waals surface area contributed by atoms with Gasteiger partial charge in [0.15, 0.2) is 9.84 Å². The van der Waals surface area contributed by atoms with Gasteiger partial charge in [0.25, 0.3) is 0 Å². The lowest BCUT2D eigenvalue weighted by atomic mass is 10.1. The van der Waals surface area contributed by atoms with Crippen molar-refractivity contribution in [3.63, 3.8) is 0 Å². The van der Waals surface area contributed by atoms with Gasteiger partial charge < -0.3 is 14.8 Å². The van der Waals surface area contributed by atoms with Gasteiger partial charge in [-0.15, -0.1) is 0 Å². The second kappa shape index (κ2) is 7.21. The van der Waals surface area contributed by atoms with Crippen molar-refractivity contribution >= 4 is 15.7 Å². The molecule has 1 amide bonds. The Bertz CT molecular complexity index is 611. The number of hydrogen-bond acceptors (Lipinski definition) is 5. The Kier molecular flexibility index (Phi) is 5.55. The molecule has 1 aromatic rings. The topological polar surface area (TPSA) is 81.7 Å². The molecule has 1 aromatic carbocycles. The number of nitrogens with one attached hydrogen (secondary N) is 1. The minimum atomic E-state index is -3.21. The first-order valence-electron chi connectivity index (χ1n) is 7.09. The quantitative estimate of drug-likeness (QED) is 0.854. The maximum absolute atomic E-state index is 12.1. The zero-order chi connectivity index (χ0) is 16.2. The smallest absolute Gasteiger partial charge is 0.224 e. The van der Waals surface area contributed by atoms with Crippen LogP contribution in [0, 0.1) is 0 Å². The number of hydrogen-bond donors (Lipinski definition) is 1. The van der Waals surface area contributed by atoms with Crippen LogP contribution in [0.15, 0.2) is 29.2 Å². The predicted octanol–water partition coefficient (Wildman–Crippen LogP) is 0.553. The summed E-state index contributed by atoms with van der Waals surface area (Å²) < 4.78 is 33.4. The molecule has 0 aliphatic carbocycles. The average Bonchev–Trinajstić information content (AvgIpc) is 2.47. The summed E-state index contributed by atoms with van der Waals surface area (Å²) in [6.07, 6.45) is 1.95. The molecule has 2 atom stereocenters. The van der Waals surface area contributed by atoms with Gasteiger partial charge in [0.05, 0.1) is 24.0 Å². The number of sulfone groups is 1. The van der Waals surface area contributed by atoms with Gasteiger partial charge in [0, 0.05) is 20.0 Å². The van der Waals surface area contributed by atoms with Crippen molar-refractivity contribution in [3.05, 3.63) is 29.8 Å². The molecule has 1 aliphatic heterocycles. The molecule has 1 aliphatic rings. The van der Waals surface area contributed by atoms with E-state index < -0.39 is 9.84 Å². The van der Waals surface area contributed by atoms with Crippen LogP contribution < -0.4 is 5.32 Å². The van der Waals surface area contributed by atoms with Gasteiger partial charge in [-0.3, -0.25) is 4.79 Å². The Morgan fingerprint density at radius 1 is 1.36 bits per heavy atom. The monoisotopic (exact) mass is 327 g/mol. The van der Waals surface area contributed by atoms with Crippen molar-refractivity contribution < 1.29 is 22.7 Å². The summed E-state index contributed by atoms with van der Waals surface area (Å²) in [5, 5.41) is 2.95. The van der Waals surface area contributed by atoms with Crippen molar-refractivity contribution in [2.24, 2.45) is 0 Å². The van der Waals surface area contributed by atoms with Gasteiger partial charge in [0.2, 0.25) is 5.91 Å². The van der Waals surface area contributed by atoms with Crippen molar-refractivity contribution in [2.45, 2.75) is 29.9 Å². The summed E-state index contributed by atoms with van der Waals surface area (Å²) in [6.45, 7) is 1.08. The standard InChI is InChI=1S/C15H21NO5S/c1-20-14-10-21-8-7-13(14)16-15(17)9-11-3-5-12(6-4-11)22(2,18)19/h3-6,13-14H,7-10H2,1-2H3,(H,16,17)/t13-,14-/m1/s1. The SMILES string of the molecule is CO[C@@H]1COCC[C@H]1NC(=O)Cc1ccc(S(C)(=O)=O)cc1. The molecular weight excluding hydrogens is 306 g/mol. The van der Waals surface area contributed by atoms with Crippen molar-refractivity contribution in [1.82, 2.24) is 5.32 Å². The summed E-state index contributed by atoms with van der Waals surface area (Å²) in [7, 11) is -1.61. The molecule has 0 spiro atoms. The third-order valence-electron chi connectivity index (χ3n) is 3.67. The van der Waals surface area contributed by atoms with Crippen LogP contribution in [-0.4, -0.2) is 53.1 Å². The Morgan fingerprint density at radius 2 is 2.05 bits per heavy atom. The Hall–Kier alpha value is -1.44. The van der Waals surface area contributed by atoms with Crippen LogP contribution in [-0.2, 0) is 30.5 Å². The lowest BCUT2D eigenvalue weighted by molar-refractivity contribution is -0.124. The van der Waals surface area contributed by atoms with Gasteiger partial charge >= 0.3 is 0 Å². The number of carbonyl (C=O) groups excluding carboxylic acids is 1. The normalized spacial score (nSPS) is 22.3. The zero-order valence-corrected chi connectivity index (χ0v) is 13.6. The second-order valence-corrected chi connectivity index (χ2v) is 7.42. The van der Waals surface area contributed by atoms with E-state index in [1.54, 1.807) is 19.2 Å². The molecule has 1 N–H and O–H groups in total. The summed E-state index contributed by atoms with van der Waals surface area (Å²) in [6, 6.07) is 6.30. The molecule has 0 aromatic heterocycles. The lowest BCUT2D eigenvalue weighted by Crippen LogP contribution is -2.50. The molecule has 0 radical (unpaired) electrons. The van der Waals surface area contributed by atoms with Crippen molar-refractivity contribution in [3.8, 4) is 0 Å². The Labute approximate surface area is 130 Å². The first-order chi connectivity index (χ1) is 10.4. The first kappa shape index (κ1) is 16.9. The molecule has 1 fully saturated rings. The minimum absolute atomic E-state index is 0.0541. The van der Waals surface area contributed by atoms with Gasteiger partial charge in [-0.25, -0.2) is 8.42 Å². The maximum Gasteiger partial charge on any atom is 0.224 e. The van der Waals surface area contributed by atoms with Gasteiger partial charge in [-0.1, -0.05) is 12.1 Å². The Balaban J connectivity index is 1.94. The summed E-state index contributed by atoms with van der Waals surface area (Å²) in [5.41, 5.74) is 0.769. The zero-order valence-electron chi connectivity index (χ0n) is 12.7. The van der Waals surface area contributed by atoms with Crippen molar-refractivity contribution in [1.29, 1.82) is 0 Å². The van der Waals surface area contributed by atoms with E-state index in [4.69, 9.17) is 9.47 Å². The van der Waals surface area contributed by atoms with E-state index in [0.29, 0.717) is 13.2 Å². The lowest BCUT2D eigenvalue weighted by Gasteiger charge is -2.31. The van der Waals surface area contributed by atoms with E-state index >= 15 is 0 Å². The van der Waals surface area contributed by atoms with Crippen LogP contribution in [0.25, 0.3) is 0 Å². The highest BCUT2D eigenvalue weighted by molar-refractivity contribution is 7.90. The van der Waals surface area contributed by atoms with E-state index in [1.165, 1.54) is 12.1 Å². The minimum Gasteiger partial charge on any atom is -0.379 e. The van der Waals surface area contributed by atoms with Crippen LogP contribution >= 0.6 is 0 Å². The highest BCUT2D eigenvalue weighted by atomic mass is 32.2. The van der Waals surface area contributed by atoms with E-state index in [-0.39, 0.29) is 29.4 Å². The predicted molar refractivity (Wildman–Crippen MR) is 81.4 cm³/mol. The number of methoxy groups -OCH3 is 1. The molecule has 7 heteroatoms. The maximum atomic E-state index is 12.1. The van der Waals surface area contributed by atoms with Crippen LogP contribution in [0.3, 0.4) is 0 Å². The van der Waals surface area contributed by atoms with Crippen LogP contribution in [0.2, 0.25) is 0 Å². The largest absolute Gasteiger partial charge is 0.379 e. The number of carbonyl (C=O) groups is 1. The number of ether oxygens (including phenoxy) is 2. The summed E-state index contributed by atoms with van der Waals surface area (Å²) in [4.78, 5) is 12.3. The molecule has 2 rings (SSSR count). The fraction of sp³-hybridized carbons (Fsp3) is 0.533. The molecule has 6 nitrogen and oxygen atoms in total. The molecule has 0 saturated carbocycles. The molecule has 22 heavy (non-hydrogen) atoms. The third-order valence-corrected chi connectivity index (χ3v) is 4.80. The fourth-order valence-electron chi connectivity index (χ4n) is 2.41. The summed E-state index contributed by atoms with van der Waals surface area (Å²) >= 11 is 0. The Morgan fingerprint density at radius 3 is 2.64 bits per heavy atom. The molecule has 0 unspecified atom stereocenters. The molecule has 1 heterocycles. The molecule has 122 valence electrons. The second-order valence-electron chi connectivity index (χ2n) is 5.40. The first-order valence-corrected chi connectivity index (χ1v) is 8.98. The van der Waals surface area contributed by atoms with Crippen LogP contribution in [0.5, 0.6) is 0 Å². The van der Waals surface area contributed by atoms with E-state index in [9.17, 15) is 13.2 Å². The average molecular weight is 327 g/mol. The van der Waals surface area contributed by atoms with Gasteiger partial charge in [-0.2, -0.15) is 0 Å². The summed E-state index contributed by atoms with van der Waals surface area (Å²) in [5.74, 6) is -0.110. The highest BCUT2D eigenvalue weighted by Gasteiger charge is 2.26. The van der Waals surface area contributed by atoms with E-state index in [2.05, 4.69) is 5.32 Å². The molecule has 1 saturated heterocycles. The van der Waals surface area contributed by atoms with E-state index in [0.717, 1.165) is 18.2 Å². The number of amides is 1. The highest BCUT2D eigenvalue weighted by Crippen LogP contribution is 2.13.